The molecule has 2 rings (SSSR count). The van der Waals surface area contributed by atoms with Gasteiger partial charge in [0.15, 0.2) is 0 Å². The Morgan fingerprint density at radius 1 is 1.25 bits per heavy atom. The summed E-state index contributed by atoms with van der Waals surface area (Å²) in [6, 6.07) is 7.04. The standard InChI is InChI=1S/C17H27NO2/c1-18-17-8-6-7-14-13-15(9-10-16(14)17)20-12-5-3-2-4-11-19/h9-10,13,17-19H,2-8,11-12H2,1H3. The summed E-state index contributed by atoms with van der Waals surface area (Å²) in [5, 5.41) is 12.1. The Labute approximate surface area is 122 Å². The minimum absolute atomic E-state index is 0.304. The topological polar surface area (TPSA) is 41.5 Å². The van der Waals surface area contributed by atoms with Crippen LogP contribution in [0.1, 0.15) is 55.7 Å². The van der Waals surface area contributed by atoms with Gasteiger partial charge in [-0.05, 0) is 68.8 Å². The Bertz CT molecular complexity index is 406. The number of nitrogens with one attached hydrogen (secondary N) is 1. The number of aliphatic hydroxyl groups excluding tert-OH is 1. The maximum absolute atomic E-state index is 8.72. The molecule has 1 aliphatic carbocycles. The van der Waals surface area contributed by atoms with Crippen LogP contribution in [0.5, 0.6) is 5.75 Å². The summed E-state index contributed by atoms with van der Waals surface area (Å²) in [7, 11) is 2.04. The second kappa shape index (κ2) is 8.28. The van der Waals surface area contributed by atoms with E-state index in [1.807, 2.05) is 7.05 Å². The molecule has 1 aromatic rings. The third-order valence-electron chi connectivity index (χ3n) is 4.10. The van der Waals surface area contributed by atoms with Crippen molar-refractivity contribution in [2.24, 2.45) is 0 Å². The summed E-state index contributed by atoms with van der Waals surface area (Å²) in [6.45, 7) is 1.08. The summed E-state index contributed by atoms with van der Waals surface area (Å²) >= 11 is 0. The highest BCUT2D eigenvalue weighted by molar-refractivity contribution is 5.39. The molecule has 2 N–H and O–H groups in total. The highest BCUT2D eigenvalue weighted by Gasteiger charge is 2.18. The van der Waals surface area contributed by atoms with Gasteiger partial charge in [0.2, 0.25) is 0 Å². The van der Waals surface area contributed by atoms with E-state index in [1.54, 1.807) is 0 Å². The molecule has 0 aromatic heterocycles. The van der Waals surface area contributed by atoms with Gasteiger partial charge in [0.25, 0.3) is 0 Å². The highest BCUT2D eigenvalue weighted by Crippen LogP contribution is 2.31. The van der Waals surface area contributed by atoms with Crippen molar-refractivity contribution in [3.63, 3.8) is 0 Å². The van der Waals surface area contributed by atoms with Crippen LogP contribution in [-0.4, -0.2) is 25.4 Å². The van der Waals surface area contributed by atoms with E-state index in [4.69, 9.17) is 9.84 Å². The Hall–Kier alpha value is -1.06. The van der Waals surface area contributed by atoms with Crippen LogP contribution in [0.25, 0.3) is 0 Å². The third kappa shape index (κ3) is 4.22. The van der Waals surface area contributed by atoms with E-state index in [-0.39, 0.29) is 0 Å². The van der Waals surface area contributed by atoms with Gasteiger partial charge in [-0.15, -0.1) is 0 Å². The molecule has 0 bridgehead atoms. The molecule has 0 aliphatic heterocycles. The Kier molecular flexibility index (Phi) is 6.34. The summed E-state index contributed by atoms with van der Waals surface area (Å²) in [6.07, 6.45) is 7.85. The number of aryl methyl sites for hydroxylation is 1. The average molecular weight is 277 g/mol. The third-order valence-corrected chi connectivity index (χ3v) is 4.10. The number of unbranched alkanes of at least 4 members (excludes halogenated alkanes) is 3. The SMILES string of the molecule is CNC1CCCc2cc(OCCCCCCO)ccc21. The summed E-state index contributed by atoms with van der Waals surface area (Å²) < 4.78 is 5.84. The van der Waals surface area contributed by atoms with Crippen LogP contribution >= 0.6 is 0 Å². The Morgan fingerprint density at radius 2 is 2.10 bits per heavy atom. The van der Waals surface area contributed by atoms with Gasteiger partial charge >= 0.3 is 0 Å². The first-order chi connectivity index (χ1) is 9.85. The maximum atomic E-state index is 8.72. The van der Waals surface area contributed by atoms with Crippen LogP contribution < -0.4 is 10.1 Å². The van der Waals surface area contributed by atoms with Gasteiger partial charge in [-0.3, -0.25) is 0 Å². The van der Waals surface area contributed by atoms with Gasteiger partial charge in [-0.25, -0.2) is 0 Å². The van der Waals surface area contributed by atoms with Crippen molar-refractivity contribution in [3.05, 3.63) is 29.3 Å². The van der Waals surface area contributed by atoms with Crippen LogP contribution in [0, 0.1) is 0 Å². The molecule has 1 aromatic carbocycles. The number of benzene rings is 1. The van der Waals surface area contributed by atoms with Crippen LogP contribution in [0.15, 0.2) is 18.2 Å². The number of ether oxygens (including phenoxy) is 1. The van der Waals surface area contributed by atoms with Crippen molar-refractivity contribution in [1.29, 1.82) is 0 Å². The molecule has 0 fully saturated rings. The zero-order valence-corrected chi connectivity index (χ0v) is 12.5. The van der Waals surface area contributed by atoms with E-state index in [1.165, 1.54) is 30.4 Å². The predicted octanol–water partition coefficient (Wildman–Crippen LogP) is 3.21. The smallest absolute Gasteiger partial charge is 0.119 e. The van der Waals surface area contributed by atoms with Crippen LogP contribution in [0.3, 0.4) is 0 Å². The largest absolute Gasteiger partial charge is 0.494 e. The lowest BCUT2D eigenvalue weighted by atomic mass is 9.87. The molecule has 1 atom stereocenters. The maximum Gasteiger partial charge on any atom is 0.119 e. The van der Waals surface area contributed by atoms with Crippen LogP contribution in [0.2, 0.25) is 0 Å². The molecule has 1 unspecified atom stereocenters. The minimum atomic E-state index is 0.304. The van der Waals surface area contributed by atoms with Gasteiger partial charge in [-0.2, -0.15) is 0 Å². The van der Waals surface area contributed by atoms with Crippen molar-refractivity contribution < 1.29 is 9.84 Å². The van der Waals surface area contributed by atoms with Crippen molar-refractivity contribution in [2.45, 2.75) is 51.0 Å². The summed E-state index contributed by atoms with van der Waals surface area (Å²) in [5.74, 6) is 1.00. The Balaban J connectivity index is 1.82. The lowest BCUT2D eigenvalue weighted by Crippen LogP contribution is -2.21. The molecular weight excluding hydrogens is 250 g/mol. The molecular formula is C17H27NO2. The van der Waals surface area contributed by atoms with Crippen LogP contribution in [-0.2, 0) is 6.42 Å². The second-order valence-corrected chi connectivity index (χ2v) is 5.58. The first-order valence-electron chi connectivity index (χ1n) is 7.89. The molecule has 0 heterocycles. The fraction of sp³-hybridized carbons (Fsp3) is 0.647. The fourth-order valence-corrected chi connectivity index (χ4v) is 2.94. The summed E-state index contributed by atoms with van der Waals surface area (Å²) in [4.78, 5) is 0. The van der Waals surface area contributed by atoms with Gasteiger partial charge in [0.1, 0.15) is 5.75 Å². The van der Waals surface area contributed by atoms with E-state index in [9.17, 15) is 0 Å². The van der Waals surface area contributed by atoms with Crippen molar-refractivity contribution in [2.75, 3.05) is 20.3 Å². The first-order valence-corrected chi connectivity index (χ1v) is 7.89. The van der Waals surface area contributed by atoms with Gasteiger partial charge in [-0.1, -0.05) is 12.5 Å². The predicted molar refractivity (Wildman–Crippen MR) is 82.2 cm³/mol. The van der Waals surface area contributed by atoms with Crippen molar-refractivity contribution in [1.82, 2.24) is 5.32 Å². The van der Waals surface area contributed by atoms with E-state index < -0.39 is 0 Å². The number of aliphatic hydroxyl groups is 1. The van der Waals surface area contributed by atoms with Crippen LogP contribution in [0.4, 0.5) is 0 Å². The van der Waals surface area contributed by atoms with Gasteiger partial charge in [0.05, 0.1) is 6.61 Å². The monoisotopic (exact) mass is 277 g/mol. The Morgan fingerprint density at radius 3 is 2.90 bits per heavy atom. The average Bonchev–Trinajstić information content (AvgIpc) is 2.50. The molecule has 3 nitrogen and oxygen atoms in total. The number of hydrogen-bond acceptors (Lipinski definition) is 3. The zero-order valence-electron chi connectivity index (χ0n) is 12.5. The molecule has 0 radical (unpaired) electrons. The molecule has 0 saturated heterocycles. The molecule has 1 aliphatic rings. The zero-order chi connectivity index (χ0) is 14.2. The van der Waals surface area contributed by atoms with E-state index in [0.717, 1.165) is 38.0 Å². The van der Waals surface area contributed by atoms with E-state index in [2.05, 4.69) is 23.5 Å². The molecule has 20 heavy (non-hydrogen) atoms. The lowest BCUT2D eigenvalue weighted by molar-refractivity contribution is 0.273. The van der Waals surface area contributed by atoms with Gasteiger partial charge in [0, 0.05) is 12.6 Å². The van der Waals surface area contributed by atoms with E-state index >= 15 is 0 Å². The number of fused-ring (bicyclic) bond motifs is 1. The first kappa shape index (κ1) is 15.3. The molecule has 3 heteroatoms. The molecule has 0 saturated carbocycles. The molecule has 0 amide bonds. The highest BCUT2D eigenvalue weighted by atomic mass is 16.5. The van der Waals surface area contributed by atoms with Crippen molar-refractivity contribution >= 4 is 0 Å². The number of hydrogen-bond donors (Lipinski definition) is 2. The summed E-state index contributed by atoms with van der Waals surface area (Å²) in [5.41, 5.74) is 2.88. The van der Waals surface area contributed by atoms with E-state index in [0.29, 0.717) is 12.6 Å². The second-order valence-electron chi connectivity index (χ2n) is 5.58. The fourth-order valence-electron chi connectivity index (χ4n) is 2.94. The van der Waals surface area contributed by atoms with Crippen molar-refractivity contribution in [3.8, 4) is 5.75 Å². The lowest BCUT2D eigenvalue weighted by Gasteiger charge is -2.25. The van der Waals surface area contributed by atoms with Gasteiger partial charge < -0.3 is 15.2 Å². The quantitative estimate of drug-likeness (QED) is 0.717. The minimum Gasteiger partial charge on any atom is -0.494 e. The number of rotatable bonds is 8. The molecule has 112 valence electrons. The molecule has 0 spiro atoms. The normalized spacial score (nSPS) is 17.8.